The standard InChI is InChI=1S/C52H33N3O2/c1-32-18-20-33(21-19-32)34-22-24-35(25-23-34)36-30-47(41-26-28-43(39-12-4-2-10-37(39)41)51-54-45-14-6-8-16-49(45)56-51)53-48(31-36)42-27-29-44(40-13-5-3-11-38(40)42)52-55-46-15-7-9-17-50(46)57-52/h2-31H,1H3. The van der Waals surface area contributed by atoms with Gasteiger partial charge in [0.25, 0.3) is 0 Å². The zero-order valence-electron chi connectivity index (χ0n) is 31.0. The predicted molar refractivity (Wildman–Crippen MR) is 232 cm³/mol. The second kappa shape index (κ2) is 13.3. The van der Waals surface area contributed by atoms with Crippen LogP contribution in [0, 0.1) is 6.92 Å². The van der Waals surface area contributed by atoms with Crippen molar-refractivity contribution < 1.29 is 8.83 Å². The van der Waals surface area contributed by atoms with Gasteiger partial charge in [-0.1, -0.05) is 139 Å². The van der Waals surface area contributed by atoms with Crippen LogP contribution in [-0.4, -0.2) is 15.0 Å². The summed E-state index contributed by atoms with van der Waals surface area (Å²) in [4.78, 5) is 15.2. The molecule has 0 spiro atoms. The third-order valence-corrected chi connectivity index (χ3v) is 10.9. The number of aryl methyl sites for hydroxylation is 1. The summed E-state index contributed by atoms with van der Waals surface area (Å²) in [6.45, 7) is 2.12. The Kier molecular flexibility index (Phi) is 7.64. The van der Waals surface area contributed by atoms with Crippen molar-refractivity contribution in [2.45, 2.75) is 6.92 Å². The normalized spacial score (nSPS) is 11.6. The molecule has 0 bridgehead atoms. The minimum atomic E-state index is 0.598. The SMILES string of the molecule is Cc1ccc(-c2ccc(-c3cc(-c4ccc(-c5nc6ccccc6o5)c5ccccc45)nc(-c4ccc(-c5nc6ccccc6o5)c5ccccc45)c3)cc2)cc1. The Morgan fingerprint density at radius 1 is 0.333 bits per heavy atom. The molecule has 0 aliphatic carbocycles. The number of nitrogens with zero attached hydrogens (tertiary/aromatic N) is 3. The predicted octanol–water partition coefficient (Wildman–Crippen LogP) is 14.0. The molecule has 3 aromatic heterocycles. The van der Waals surface area contributed by atoms with E-state index in [1.54, 1.807) is 0 Å². The number of para-hydroxylation sites is 4. The first kappa shape index (κ1) is 32.8. The fraction of sp³-hybridized carbons (Fsp3) is 0.0192. The third kappa shape index (κ3) is 5.76. The van der Waals surface area contributed by atoms with Crippen molar-refractivity contribution >= 4 is 43.7 Å². The monoisotopic (exact) mass is 731 g/mol. The number of pyridine rings is 1. The van der Waals surface area contributed by atoms with Gasteiger partial charge in [-0.3, -0.25) is 0 Å². The molecule has 0 N–H and O–H groups in total. The number of benzene rings is 8. The molecule has 0 atom stereocenters. The maximum absolute atomic E-state index is 6.27. The third-order valence-electron chi connectivity index (χ3n) is 10.9. The minimum Gasteiger partial charge on any atom is -0.436 e. The number of aromatic nitrogens is 3. The lowest BCUT2D eigenvalue weighted by atomic mass is 9.93. The van der Waals surface area contributed by atoms with Gasteiger partial charge in [0, 0.05) is 22.3 Å². The second-order valence-corrected chi connectivity index (χ2v) is 14.5. The highest BCUT2D eigenvalue weighted by molar-refractivity contribution is 6.06. The molecule has 5 nitrogen and oxygen atoms in total. The summed E-state index contributed by atoms with van der Waals surface area (Å²) in [5.41, 5.74) is 14.7. The highest BCUT2D eigenvalue weighted by Gasteiger charge is 2.19. The zero-order chi connectivity index (χ0) is 37.9. The van der Waals surface area contributed by atoms with Crippen molar-refractivity contribution in [3.63, 3.8) is 0 Å². The van der Waals surface area contributed by atoms with E-state index in [2.05, 4.69) is 140 Å². The van der Waals surface area contributed by atoms with E-state index in [-0.39, 0.29) is 0 Å². The molecule has 57 heavy (non-hydrogen) atoms. The fourth-order valence-electron chi connectivity index (χ4n) is 7.97. The van der Waals surface area contributed by atoms with E-state index in [9.17, 15) is 0 Å². The Bertz CT molecular complexity index is 3060. The molecule has 0 radical (unpaired) electrons. The first-order chi connectivity index (χ1) is 28.1. The van der Waals surface area contributed by atoms with E-state index in [1.807, 2.05) is 48.5 Å². The van der Waals surface area contributed by atoms with E-state index in [0.29, 0.717) is 11.8 Å². The Labute approximate surface area is 328 Å². The smallest absolute Gasteiger partial charge is 0.227 e. The largest absolute Gasteiger partial charge is 0.436 e. The van der Waals surface area contributed by atoms with Gasteiger partial charge in [0.1, 0.15) is 11.0 Å². The quantitative estimate of drug-likeness (QED) is 0.170. The van der Waals surface area contributed by atoms with Crippen LogP contribution < -0.4 is 0 Å². The Hall–Kier alpha value is -7.63. The van der Waals surface area contributed by atoms with E-state index in [1.165, 1.54) is 16.7 Å². The van der Waals surface area contributed by atoms with Gasteiger partial charge in [0.05, 0.1) is 11.4 Å². The highest BCUT2D eigenvalue weighted by atomic mass is 16.4. The number of rotatable bonds is 6. The zero-order valence-corrected chi connectivity index (χ0v) is 31.0. The van der Waals surface area contributed by atoms with Crippen LogP contribution in [0.3, 0.4) is 0 Å². The van der Waals surface area contributed by atoms with Gasteiger partial charge < -0.3 is 8.83 Å². The van der Waals surface area contributed by atoms with Gasteiger partial charge in [-0.2, -0.15) is 0 Å². The molecule has 11 rings (SSSR count). The van der Waals surface area contributed by atoms with Crippen molar-refractivity contribution in [2.24, 2.45) is 0 Å². The lowest BCUT2D eigenvalue weighted by molar-refractivity contribution is 0.620. The lowest BCUT2D eigenvalue weighted by Gasteiger charge is -2.15. The van der Waals surface area contributed by atoms with Crippen molar-refractivity contribution in [3.8, 4) is 67.7 Å². The molecular weight excluding hydrogens is 699 g/mol. The fourth-order valence-corrected chi connectivity index (χ4v) is 7.97. The van der Waals surface area contributed by atoms with Crippen LogP contribution >= 0.6 is 0 Å². The molecule has 11 aromatic rings. The topological polar surface area (TPSA) is 65.0 Å². The van der Waals surface area contributed by atoms with Crippen LogP contribution in [0.5, 0.6) is 0 Å². The van der Waals surface area contributed by atoms with Gasteiger partial charge >= 0.3 is 0 Å². The number of oxazole rings is 2. The highest BCUT2D eigenvalue weighted by Crippen LogP contribution is 2.41. The van der Waals surface area contributed by atoms with Gasteiger partial charge in [-0.05, 0) is 99.3 Å². The van der Waals surface area contributed by atoms with Crippen LogP contribution in [0.1, 0.15) is 5.56 Å². The summed E-state index contributed by atoms with van der Waals surface area (Å²) in [6, 6.07) is 63.1. The number of hydrogen-bond acceptors (Lipinski definition) is 5. The molecule has 0 saturated heterocycles. The molecule has 0 unspecified atom stereocenters. The first-order valence-electron chi connectivity index (χ1n) is 19.1. The van der Waals surface area contributed by atoms with Crippen molar-refractivity contribution in [3.05, 3.63) is 188 Å². The minimum absolute atomic E-state index is 0.598. The molecule has 8 aromatic carbocycles. The second-order valence-electron chi connectivity index (χ2n) is 14.5. The van der Waals surface area contributed by atoms with Crippen molar-refractivity contribution in [1.29, 1.82) is 0 Å². The van der Waals surface area contributed by atoms with E-state index >= 15 is 0 Å². The van der Waals surface area contributed by atoms with Gasteiger partial charge in [-0.15, -0.1) is 0 Å². The number of fused-ring (bicyclic) bond motifs is 4. The summed E-state index contributed by atoms with van der Waals surface area (Å²) in [7, 11) is 0. The van der Waals surface area contributed by atoms with Gasteiger partial charge in [0.2, 0.25) is 11.8 Å². The molecule has 0 fully saturated rings. The van der Waals surface area contributed by atoms with E-state index < -0.39 is 0 Å². The van der Waals surface area contributed by atoms with Crippen molar-refractivity contribution in [2.75, 3.05) is 0 Å². The molecular formula is C52H33N3O2. The van der Waals surface area contributed by atoms with Crippen molar-refractivity contribution in [1.82, 2.24) is 15.0 Å². The average Bonchev–Trinajstić information content (AvgIpc) is 3.91. The summed E-state index contributed by atoms with van der Waals surface area (Å²) in [6.07, 6.45) is 0. The average molecular weight is 732 g/mol. The molecule has 3 heterocycles. The maximum Gasteiger partial charge on any atom is 0.227 e. The van der Waals surface area contributed by atoms with Crippen LogP contribution in [0.4, 0.5) is 0 Å². The lowest BCUT2D eigenvalue weighted by Crippen LogP contribution is -1.94. The van der Waals surface area contributed by atoms with Crippen LogP contribution in [-0.2, 0) is 0 Å². The Morgan fingerprint density at radius 3 is 1.16 bits per heavy atom. The molecule has 0 amide bonds. The van der Waals surface area contributed by atoms with Crippen LogP contribution in [0.15, 0.2) is 191 Å². The summed E-state index contributed by atoms with van der Waals surface area (Å²) in [5.74, 6) is 1.20. The van der Waals surface area contributed by atoms with Gasteiger partial charge in [-0.25, -0.2) is 15.0 Å². The molecule has 0 saturated carbocycles. The maximum atomic E-state index is 6.27. The van der Waals surface area contributed by atoms with E-state index in [0.717, 1.165) is 88.5 Å². The molecule has 0 aliphatic heterocycles. The van der Waals surface area contributed by atoms with Crippen LogP contribution in [0.2, 0.25) is 0 Å². The Morgan fingerprint density at radius 2 is 0.702 bits per heavy atom. The van der Waals surface area contributed by atoms with Gasteiger partial charge in [0.15, 0.2) is 11.2 Å². The summed E-state index contributed by atoms with van der Waals surface area (Å²) >= 11 is 0. The molecule has 0 aliphatic rings. The van der Waals surface area contributed by atoms with E-state index in [4.69, 9.17) is 23.8 Å². The molecule has 5 heteroatoms. The Balaban J connectivity index is 1.10. The molecule has 268 valence electrons. The summed E-state index contributed by atoms with van der Waals surface area (Å²) in [5, 5.41) is 4.23. The summed E-state index contributed by atoms with van der Waals surface area (Å²) < 4.78 is 12.5. The number of hydrogen-bond donors (Lipinski definition) is 0. The van der Waals surface area contributed by atoms with Crippen LogP contribution in [0.25, 0.3) is 111 Å². The first-order valence-corrected chi connectivity index (χ1v) is 19.1.